The molecule has 1 saturated carbocycles. The van der Waals surface area contributed by atoms with Gasteiger partial charge in [0.2, 0.25) is 5.91 Å². The van der Waals surface area contributed by atoms with Crippen LogP contribution < -0.4 is 10.6 Å². The van der Waals surface area contributed by atoms with E-state index in [4.69, 9.17) is 4.74 Å². The number of nitrogens with one attached hydrogen (secondary N) is 2. The van der Waals surface area contributed by atoms with E-state index in [0.29, 0.717) is 19.3 Å². The number of hydrogen-bond acceptors (Lipinski definition) is 4. The molecule has 34 heavy (non-hydrogen) atoms. The average molecular weight is 465 g/mol. The van der Waals surface area contributed by atoms with E-state index in [0.717, 1.165) is 24.0 Å². The maximum absolute atomic E-state index is 12.6. The summed E-state index contributed by atoms with van der Waals surface area (Å²) in [5.41, 5.74) is 4.64. The van der Waals surface area contributed by atoms with Crippen molar-refractivity contribution >= 4 is 18.0 Å². The van der Waals surface area contributed by atoms with Gasteiger partial charge in [0.15, 0.2) is 0 Å². The van der Waals surface area contributed by atoms with E-state index in [1.54, 1.807) is 0 Å². The van der Waals surface area contributed by atoms with E-state index in [2.05, 4.69) is 34.9 Å². The molecule has 0 saturated heterocycles. The fourth-order valence-corrected chi connectivity index (χ4v) is 5.16. The first kappa shape index (κ1) is 23.8. The second-order valence-corrected chi connectivity index (χ2v) is 9.25. The number of alkyl carbamates (subject to hydrolysis) is 1. The number of carboxylic acid groups (broad SMARTS) is 1. The number of ether oxygens (including phenoxy) is 1. The van der Waals surface area contributed by atoms with Gasteiger partial charge in [-0.05, 0) is 47.9 Å². The minimum absolute atomic E-state index is 0.0185. The van der Waals surface area contributed by atoms with Crippen molar-refractivity contribution in [3.8, 4) is 11.1 Å². The Hall–Kier alpha value is -3.35. The van der Waals surface area contributed by atoms with Crippen LogP contribution in [0.3, 0.4) is 0 Å². The van der Waals surface area contributed by atoms with Crippen LogP contribution in [0, 0.1) is 5.92 Å². The molecule has 7 heteroatoms. The smallest absolute Gasteiger partial charge is 0.407 e. The molecule has 2 aromatic carbocycles. The molecule has 0 unspecified atom stereocenters. The lowest BCUT2D eigenvalue weighted by Gasteiger charge is -2.28. The monoisotopic (exact) mass is 464 g/mol. The predicted octanol–water partition coefficient (Wildman–Crippen LogP) is 4.45. The first-order valence-electron chi connectivity index (χ1n) is 12.1. The Morgan fingerprint density at radius 3 is 2.29 bits per heavy atom. The molecule has 2 aliphatic rings. The van der Waals surface area contributed by atoms with Crippen molar-refractivity contribution in [2.24, 2.45) is 5.92 Å². The Labute approximate surface area is 199 Å². The van der Waals surface area contributed by atoms with Gasteiger partial charge in [-0.25, -0.2) is 4.79 Å². The number of carboxylic acids is 1. The number of hydrogen-bond donors (Lipinski definition) is 3. The van der Waals surface area contributed by atoms with E-state index in [9.17, 15) is 19.5 Å². The SMILES string of the molecule is CC[C@@H](CC(=O)N[C@@H]1CCC[C@H](C(=O)O)C1)NC(=O)OCC1c2ccccc2-c2ccccc21. The summed E-state index contributed by atoms with van der Waals surface area (Å²) in [4.78, 5) is 36.3. The maximum atomic E-state index is 12.6. The van der Waals surface area contributed by atoms with Gasteiger partial charge in [-0.3, -0.25) is 9.59 Å². The Bertz CT molecular complexity index is 1010. The van der Waals surface area contributed by atoms with Crippen molar-refractivity contribution in [2.45, 2.75) is 63.5 Å². The summed E-state index contributed by atoms with van der Waals surface area (Å²) in [6.45, 7) is 2.13. The number of carbonyl (C=O) groups is 3. The maximum Gasteiger partial charge on any atom is 0.407 e. The standard InChI is InChI=1S/C27H32N2O5/c1-2-18(15-25(30)28-19-9-7-8-17(14-19)26(31)32)29-27(33)34-16-24-22-12-5-3-10-20(22)21-11-4-6-13-23(21)24/h3-6,10-13,17-19,24H,2,7-9,14-16H2,1H3,(H,28,30)(H,29,33)(H,31,32)/t17-,18-,19+/m0/s1. The molecular weight excluding hydrogens is 432 g/mol. The molecule has 7 nitrogen and oxygen atoms in total. The van der Waals surface area contributed by atoms with Gasteiger partial charge >= 0.3 is 12.1 Å². The van der Waals surface area contributed by atoms with Crippen molar-refractivity contribution in [2.75, 3.05) is 6.61 Å². The summed E-state index contributed by atoms with van der Waals surface area (Å²) in [6.07, 6.45) is 2.86. The van der Waals surface area contributed by atoms with E-state index in [1.807, 2.05) is 31.2 Å². The van der Waals surface area contributed by atoms with Crippen LogP contribution in [0.25, 0.3) is 11.1 Å². The highest BCUT2D eigenvalue weighted by Gasteiger charge is 2.30. The molecule has 3 N–H and O–H groups in total. The molecule has 180 valence electrons. The summed E-state index contributed by atoms with van der Waals surface area (Å²) in [7, 11) is 0. The van der Waals surface area contributed by atoms with Crippen LogP contribution in [0.5, 0.6) is 0 Å². The zero-order valence-corrected chi connectivity index (χ0v) is 19.5. The molecule has 2 aliphatic carbocycles. The van der Waals surface area contributed by atoms with Gasteiger partial charge in [-0.2, -0.15) is 0 Å². The number of rotatable bonds is 8. The van der Waals surface area contributed by atoms with Crippen LogP contribution in [0.1, 0.15) is 62.5 Å². The number of benzene rings is 2. The van der Waals surface area contributed by atoms with Gasteiger partial charge in [0.1, 0.15) is 6.61 Å². The number of carbonyl (C=O) groups excluding carboxylic acids is 2. The van der Waals surface area contributed by atoms with Crippen molar-refractivity contribution in [3.63, 3.8) is 0 Å². The molecule has 1 fully saturated rings. The third kappa shape index (κ3) is 5.41. The summed E-state index contributed by atoms with van der Waals surface area (Å²) in [5.74, 6) is -1.40. The van der Waals surface area contributed by atoms with Gasteiger partial charge in [-0.1, -0.05) is 61.9 Å². The molecule has 0 bridgehead atoms. The minimum atomic E-state index is -0.803. The predicted molar refractivity (Wildman–Crippen MR) is 128 cm³/mol. The van der Waals surface area contributed by atoms with Gasteiger partial charge < -0.3 is 20.5 Å². The van der Waals surface area contributed by atoms with Crippen LogP contribution >= 0.6 is 0 Å². The van der Waals surface area contributed by atoms with Crippen LogP contribution in [-0.2, 0) is 14.3 Å². The topological polar surface area (TPSA) is 105 Å². The van der Waals surface area contributed by atoms with E-state index in [1.165, 1.54) is 11.1 Å². The van der Waals surface area contributed by atoms with Crippen LogP contribution in [-0.4, -0.2) is 41.8 Å². The molecule has 0 heterocycles. The highest BCUT2D eigenvalue weighted by Crippen LogP contribution is 2.44. The number of aliphatic carboxylic acids is 1. The van der Waals surface area contributed by atoms with Crippen molar-refractivity contribution in [1.82, 2.24) is 10.6 Å². The van der Waals surface area contributed by atoms with Crippen LogP contribution in [0.15, 0.2) is 48.5 Å². The average Bonchev–Trinajstić information content (AvgIpc) is 3.16. The third-order valence-corrected chi connectivity index (χ3v) is 6.98. The molecule has 0 radical (unpaired) electrons. The van der Waals surface area contributed by atoms with Crippen LogP contribution in [0.4, 0.5) is 4.79 Å². The Kier molecular flexibility index (Phi) is 7.50. The van der Waals surface area contributed by atoms with Crippen molar-refractivity contribution in [1.29, 1.82) is 0 Å². The van der Waals surface area contributed by atoms with E-state index >= 15 is 0 Å². The molecule has 4 rings (SSSR count). The Morgan fingerprint density at radius 2 is 1.68 bits per heavy atom. The third-order valence-electron chi connectivity index (χ3n) is 6.98. The zero-order valence-electron chi connectivity index (χ0n) is 19.5. The summed E-state index contributed by atoms with van der Waals surface area (Å²) < 4.78 is 5.60. The van der Waals surface area contributed by atoms with Crippen LogP contribution in [0.2, 0.25) is 0 Å². The Balaban J connectivity index is 1.28. The van der Waals surface area contributed by atoms with Crippen molar-refractivity contribution < 1.29 is 24.2 Å². The van der Waals surface area contributed by atoms with E-state index in [-0.39, 0.29) is 36.9 Å². The highest BCUT2D eigenvalue weighted by atomic mass is 16.5. The fraction of sp³-hybridized carbons (Fsp3) is 0.444. The molecule has 0 aliphatic heterocycles. The van der Waals surface area contributed by atoms with E-state index < -0.39 is 18.0 Å². The summed E-state index contributed by atoms with van der Waals surface area (Å²) >= 11 is 0. The number of fused-ring (bicyclic) bond motifs is 3. The zero-order chi connectivity index (χ0) is 24.1. The van der Waals surface area contributed by atoms with Gasteiger partial charge in [-0.15, -0.1) is 0 Å². The first-order chi connectivity index (χ1) is 16.5. The first-order valence-corrected chi connectivity index (χ1v) is 12.1. The molecular formula is C27H32N2O5. The molecule has 2 amide bonds. The highest BCUT2D eigenvalue weighted by molar-refractivity contribution is 5.80. The lowest BCUT2D eigenvalue weighted by Crippen LogP contribution is -2.44. The number of amides is 2. The summed E-state index contributed by atoms with van der Waals surface area (Å²) in [6, 6.07) is 15.8. The minimum Gasteiger partial charge on any atom is -0.481 e. The van der Waals surface area contributed by atoms with Gasteiger partial charge in [0, 0.05) is 24.4 Å². The normalized spacial score (nSPS) is 20.0. The molecule has 0 aromatic heterocycles. The second-order valence-electron chi connectivity index (χ2n) is 9.25. The Morgan fingerprint density at radius 1 is 1.03 bits per heavy atom. The second kappa shape index (κ2) is 10.7. The lowest BCUT2D eigenvalue weighted by atomic mass is 9.85. The largest absolute Gasteiger partial charge is 0.481 e. The molecule has 3 atom stereocenters. The van der Waals surface area contributed by atoms with Gasteiger partial charge in [0.05, 0.1) is 5.92 Å². The fourth-order valence-electron chi connectivity index (χ4n) is 5.16. The lowest BCUT2D eigenvalue weighted by molar-refractivity contribution is -0.143. The van der Waals surface area contributed by atoms with Crippen molar-refractivity contribution in [3.05, 3.63) is 59.7 Å². The molecule has 0 spiro atoms. The van der Waals surface area contributed by atoms with Gasteiger partial charge in [0.25, 0.3) is 0 Å². The quantitative estimate of drug-likeness (QED) is 0.535. The summed E-state index contributed by atoms with van der Waals surface area (Å²) in [5, 5.41) is 15.0. The molecule has 2 aromatic rings.